The first-order valence-corrected chi connectivity index (χ1v) is 11.5. The lowest BCUT2D eigenvalue weighted by Crippen LogP contribution is -2.52. The summed E-state index contributed by atoms with van der Waals surface area (Å²) in [4.78, 5) is 44.4. The van der Waals surface area contributed by atoms with E-state index in [0.717, 1.165) is 17.5 Å². The zero-order chi connectivity index (χ0) is 24.1. The van der Waals surface area contributed by atoms with E-state index in [9.17, 15) is 14.4 Å². The molecular weight excluding hydrogens is 446 g/mol. The summed E-state index contributed by atoms with van der Waals surface area (Å²) < 4.78 is 36.2. The molecule has 0 bridgehead atoms. The van der Waals surface area contributed by atoms with Gasteiger partial charge in [0.05, 0.1) is 17.8 Å². The van der Waals surface area contributed by atoms with Crippen LogP contribution in [-0.4, -0.2) is 51.6 Å². The molecule has 10 heteroatoms. The molecule has 0 radical (unpaired) electrons. The fourth-order valence-corrected chi connectivity index (χ4v) is 5.34. The number of benzene rings is 1. The van der Waals surface area contributed by atoms with Gasteiger partial charge in [0.25, 0.3) is 5.91 Å². The lowest BCUT2D eigenvalue weighted by Gasteiger charge is -2.32. The van der Waals surface area contributed by atoms with Crippen molar-refractivity contribution in [3.05, 3.63) is 51.7 Å². The maximum absolute atomic E-state index is 15.6. The molecule has 2 aromatic rings. The maximum atomic E-state index is 15.6. The van der Waals surface area contributed by atoms with Gasteiger partial charge in [0, 0.05) is 31.0 Å². The normalized spacial score (nSPS) is 21.8. The van der Waals surface area contributed by atoms with Crippen molar-refractivity contribution in [2.24, 2.45) is 0 Å². The molecule has 0 aliphatic carbocycles. The standard InChI is InChI=1S/C24H26F2N4O4/c1-12-18(27-13(2)34-12)11-29-7-5-14(6-8-29)21-17(25)9-15-16(22(21)26)10-30(24(15)33)19-3-4-20(31)28-23(19)32/h9,14,19H,3-8,10-11H2,1-2H3,(H,28,31,32). The van der Waals surface area contributed by atoms with Crippen molar-refractivity contribution in [2.75, 3.05) is 13.1 Å². The van der Waals surface area contributed by atoms with Gasteiger partial charge in [0.2, 0.25) is 11.8 Å². The number of piperidine rings is 2. The van der Waals surface area contributed by atoms with Crippen LogP contribution < -0.4 is 5.32 Å². The SMILES string of the molecule is Cc1nc(CN2CCC(c3c(F)cc4c(c3F)CN(C3CCC(=O)NC3=O)C4=O)CC2)c(C)o1. The zero-order valence-electron chi connectivity index (χ0n) is 19.1. The summed E-state index contributed by atoms with van der Waals surface area (Å²) in [6, 6.07) is 0.242. The van der Waals surface area contributed by atoms with E-state index in [4.69, 9.17) is 4.42 Å². The Kier molecular flexibility index (Phi) is 5.71. The predicted molar refractivity (Wildman–Crippen MR) is 116 cm³/mol. The average Bonchev–Trinajstić information content (AvgIpc) is 3.27. The molecule has 1 aromatic heterocycles. The van der Waals surface area contributed by atoms with E-state index in [1.807, 2.05) is 6.92 Å². The quantitative estimate of drug-likeness (QED) is 0.688. The number of fused-ring (bicyclic) bond motifs is 1. The van der Waals surface area contributed by atoms with Gasteiger partial charge >= 0.3 is 0 Å². The predicted octanol–water partition coefficient (Wildman–Crippen LogP) is 2.71. The third-order valence-corrected chi connectivity index (χ3v) is 7.13. The first kappa shape index (κ1) is 22.6. The molecule has 3 amide bonds. The van der Waals surface area contributed by atoms with Crippen LogP contribution in [0.5, 0.6) is 0 Å². The maximum Gasteiger partial charge on any atom is 0.255 e. The van der Waals surface area contributed by atoms with Crippen LogP contribution in [0, 0.1) is 25.5 Å². The van der Waals surface area contributed by atoms with Crippen LogP contribution in [0.1, 0.15) is 70.4 Å². The summed E-state index contributed by atoms with van der Waals surface area (Å²) in [6.07, 6.45) is 1.43. The number of hydrogen-bond acceptors (Lipinski definition) is 6. The average molecular weight is 472 g/mol. The Morgan fingerprint density at radius 2 is 1.88 bits per heavy atom. The van der Waals surface area contributed by atoms with E-state index in [2.05, 4.69) is 15.2 Å². The lowest BCUT2D eigenvalue weighted by atomic mass is 9.86. The lowest BCUT2D eigenvalue weighted by molar-refractivity contribution is -0.136. The molecule has 3 aliphatic heterocycles. The zero-order valence-corrected chi connectivity index (χ0v) is 19.1. The van der Waals surface area contributed by atoms with Gasteiger partial charge in [-0.15, -0.1) is 0 Å². The fourth-order valence-electron chi connectivity index (χ4n) is 5.34. The summed E-state index contributed by atoms with van der Waals surface area (Å²) in [7, 11) is 0. The second kappa shape index (κ2) is 8.57. The Hall–Kier alpha value is -3.14. The topological polar surface area (TPSA) is 95.8 Å². The van der Waals surface area contributed by atoms with Crippen molar-refractivity contribution in [1.29, 1.82) is 0 Å². The van der Waals surface area contributed by atoms with Crippen LogP contribution in [0.4, 0.5) is 8.78 Å². The van der Waals surface area contributed by atoms with Crippen LogP contribution in [0.15, 0.2) is 10.5 Å². The summed E-state index contributed by atoms with van der Waals surface area (Å²) in [5.41, 5.74) is 0.975. The van der Waals surface area contributed by atoms with Gasteiger partial charge in [0.15, 0.2) is 5.89 Å². The monoisotopic (exact) mass is 472 g/mol. The number of rotatable bonds is 4. The van der Waals surface area contributed by atoms with Crippen molar-refractivity contribution >= 4 is 17.7 Å². The number of aromatic nitrogens is 1. The Morgan fingerprint density at radius 3 is 2.53 bits per heavy atom. The van der Waals surface area contributed by atoms with Gasteiger partial charge in [0.1, 0.15) is 23.4 Å². The molecule has 0 saturated carbocycles. The molecule has 1 aromatic carbocycles. The molecule has 180 valence electrons. The first-order chi connectivity index (χ1) is 16.2. The van der Waals surface area contributed by atoms with Gasteiger partial charge in [-0.05, 0) is 51.3 Å². The number of likely N-dealkylation sites (tertiary alicyclic amines) is 1. The third-order valence-electron chi connectivity index (χ3n) is 7.13. The molecule has 0 spiro atoms. The molecule has 5 rings (SSSR count). The molecule has 2 fully saturated rings. The third kappa shape index (κ3) is 3.89. The van der Waals surface area contributed by atoms with Gasteiger partial charge in [-0.25, -0.2) is 13.8 Å². The van der Waals surface area contributed by atoms with Crippen molar-refractivity contribution in [1.82, 2.24) is 20.1 Å². The number of imide groups is 1. The molecule has 3 aliphatic rings. The number of nitrogens with one attached hydrogen (secondary N) is 1. The van der Waals surface area contributed by atoms with E-state index in [-0.39, 0.29) is 42.0 Å². The van der Waals surface area contributed by atoms with Crippen LogP contribution >= 0.6 is 0 Å². The second-order valence-corrected chi connectivity index (χ2v) is 9.30. The van der Waals surface area contributed by atoms with Gasteiger partial charge in [-0.3, -0.25) is 24.6 Å². The van der Waals surface area contributed by atoms with E-state index in [1.165, 1.54) is 4.90 Å². The van der Waals surface area contributed by atoms with Crippen molar-refractivity contribution in [3.8, 4) is 0 Å². The molecule has 1 atom stereocenters. The molecule has 1 N–H and O–H groups in total. The molecule has 2 saturated heterocycles. The Balaban J connectivity index is 1.32. The molecule has 1 unspecified atom stereocenters. The molecule has 4 heterocycles. The largest absolute Gasteiger partial charge is 0.446 e. The Labute approximate surface area is 195 Å². The summed E-state index contributed by atoms with van der Waals surface area (Å²) >= 11 is 0. The highest BCUT2D eigenvalue weighted by Crippen LogP contribution is 2.38. The smallest absolute Gasteiger partial charge is 0.255 e. The minimum atomic E-state index is -0.865. The number of halogens is 2. The van der Waals surface area contributed by atoms with E-state index in [0.29, 0.717) is 38.4 Å². The highest BCUT2D eigenvalue weighted by atomic mass is 19.1. The van der Waals surface area contributed by atoms with Crippen molar-refractivity contribution in [3.63, 3.8) is 0 Å². The van der Waals surface area contributed by atoms with Crippen LogP contribution in [-0.2, 0) is 22.7 Å². The summed E-state index contributed by atoms with van der Waals surface area (Å²) in [6.45, 7) is 5.51. The number of amides is 3. The van der Waals surface area contributed by atoms with Crippen LogP contribution in [0.2, 0.25) is 0 Å². The highest BCUT2D eigenvalue weighted by Gasteiger charge is 2.42. The van der Waals surface area contributed by atoms with Crippen molar-refractivity contribution in [2.45, 2.75) is 64.6 Å². The van der Waals surface area contributed by atoms with Crippen LogP contribution in [0.25, 0.3) is 0 Å². The second-order valence-electron chi connectivity index (χ2n) is 9.30. The number of oxazole rings is 1. The first-order valence-electron chi connectivity index (χ1n) is 11.5. The Bertz CT molecular complexity index is 1190. The molecular formula is C24H26F2N4O4. The van der Waals surface area contributed by atoms with Gasteiger partial charge in [-0.1, -0.05) is 0 Å². The number of carbonyl (C=O) groups excluding carboxylic acids is 3. The minimum absolute atomic E-state index is 0.0183. The van der Waals surface area contributed by atoms with E-state index < -0.39 is 35.4 Å². The van der Waals surface area contributed by atoms with Crippen molar-refractivity contribution < 1.29 is 27.6 Å². The summed E-state index contributed by atoms with van der Waals surface area (Å²) in [5.74, 6) is -1.89. The van der Waals surface area contributed by atoms with Crippen LogP contribution in [0.3, 0.4) is 0 Å². The molecule has 34 heavy (non-hydrogen) atoms. The number of aryl methyl sites for hydroxylation is 2. The minimum Gasteiger partial charge on any atom is -0.446 e. The van der Waals surface area contributed by atoms with E-state index in [1.54, 1.807) is 6.92 Å². The number of nitrogens with zero attached hydrogens (tertiary/aromatic N) is 3. The number of carbonyl (C=O) groups is 3. The fraction of sp³-hybridized carbons (Fsp3) is 0.500. The van der Waals surface area contributed by atoms with E-state index >= 15 is 8.78 Å². The summed E-state index contributed by atoms with van der Waals surface area (Å²) in [5, 5.41) is 2.21. The van der Waals surface area contributed by atoms with Gasteiger partial charge in [-0.2, -0.15) is 0 Å². The number of hydrogen-bond donors (Lipinski definition) is 1. The Morgan fingerprint density at radius 1 is 1.15 bits per heavy atom. The highest BCUT2D eigenvalue weighted by molar-refractivity contribution is 6.05. The van der Waals surface area contributed by atoms with Gasteiger partial charge < -0.3 is 9.32 Å². The molecule has 8 nitrogen and oxygen atoms in total.